The van der Waals surface area contributed by atoms with Crippen molar-refractivity contribution in [1.29, 1.82) is 0 Å². The smallest absolute Gasteiger partial charge is 0.190 e. The minimum Gasteiger partial charge on any atom is -0.253 e. The van der Waals surface area contributed by atoms with Gasteiger partial charge in [-0.15, -0.1) is 0 Å². The fourth-order valence-electron chi connectivity index (χ4n) is 4.73. The summed E-state index contributed by atoms with van der Waals surface area (Å²) in [5.41, 5.74) is 10.5. The van der Waals surface area contributed by atoms with Gasteiger partial charge in [-0.05, 0) is 104 Å². The van der Waals surface area contributed by atoms with E-state index in [1.54, 1.807) is 0 Å². The molecule has 0 N–H and O–H groups in total. The lowest BCUT2D eigenvalue weighted by Gasteiger charge is -2.19. The summed E-state index contributed by atoms with van der Waals surface area (Å²) in [6.45, 7) is 16.3. The van der Waals surface area contributed by atoms with Crippen molar-refractivity contribution in [1.82, 2.24) is 48.2 Å². The summed E-state index contributed by atoms with van der Waals surface area (Å²) in [6, 6.07) is 20.3. The first-order chi connectivity index (χ1) is 20.1. The maximum absolute atomic E-state index is 4.66. The molecule has 42 heavy (non-hydrogen) atoms. The molecule has 12 heteroatoms. The first-order valence-corrected chi connectivity index (χ1v) is 16.2. The van der Waals surface area contributed by atoms with E-state index in [1.807, 2.05) is 94.3 Å². The molecular weight excluding hydrogens is 562 g/mol. The van der Waals surface area contributed by atoms with E-state index in [1.165, 1.54) is 0 Å². The van der Waals surface area contributed by atoms with E-state index >= 15 is 0 Å². The molecule has 0 atom stereocenters. The summed E-state index contributed by atoms with van der Waals surface area (Å²) in [4.78, 5) is 9.08. The molecule has 0 aliphatic heterocycles. The van der Waals surface area contributed by atoms with Crippen molar-refractivity contribution in [2.24, 2.45) is 0 Å². The van der Waals surface area contributed by atoms with Crippen LogP contribution in [0.3, 0.4) is 0 Å². The van der Waals surface area contributed by atoms with E-state index in [0.717, 1.165) is 56.4 Å². The van der Waals surface area contributed by atoms with Crippen LogP contribution in [0, 0.1) is 55.4 Å². The molecule has 216 valence electrons. The number of rotatable bonds is 6. The summed E-state index contributed by atoms with van der Waals surface area (Å²) >= 11 is 0. The molecule has 6 aromatic heterocycles. The number of nitrogens with zero attached hydrogens (tertiary/aromatic N) is 10. The van der Waals surface area contributed by atoms with Crippen LogP contribution < -0.4 is 10.9 Å². The molecule has 0 amide bonds. The molecule has 0 saturated heterocycles. The van der Waals surface area contributed by atoms with E-state index in [2.05, 4.69) is 82.3 Å². The Bertz CT molecular complexity index is 1560. The van der Waals surface area contributed by atoms with Crippen molar-refractivity contribution < 1.29 is 0 Å². The molecule has 6 aromatic rings. The third kappa shape index (κ3) is 6.25. The molecule has 0 radical (unpaired) electrons. The molecule has 6 heterocycles. The van der Waals surface area contributed by atoms with Gasteiger partial charge in [0, 0.05) is 35.2 Å². The number of aryl methyl sites for hydroxylation is 8. The van der Waals surface area contributed by atoms with Gasteiger partial charge in [0.2, 0.25) is 0 Å². The van der Waals surface area contributed by atoms with Gasteiger partial charge in [-0.3, -0.25) is 9.97 Å². The average molecular weight is 599 g/mol. The van der Waals surface area contributed by atoms with Crippen LogP contribution >= 0.6 is 16.4 Å². The standard InChI is InChI=1S/2C15H18N5P/c2*1-11-9-13(3)19(17-11)21(15-7-5-6-8-16-15)20-14(4)10-12(2)18-20/h2*5-10H,1-4H3. The monoisotopic (exact) mass is 598 g/mol. The molecule has 0 aliphatic carbocycles. The Morgan fingerprint density at radius 2 is 0.714 bits per heavy atom. The van der Waals surface area contributed by atoms with Crippen molar-refractivity contribution in [2.45, 2.75) is 55.4 Å². The van der Waals surface area contributed by atoms with Crippen molar-refractivity contribution in [3.8, 4) is 0 Å². The third-order valence-electron chi connectivity index (χ3n) is 6.37. The van der Waals surface area contributed by atoms with Crippen molar-refractivity contribution in [2.75, 3.05) is 0 Å². The summed E-state index contributed by atoms with van der Waals surface area (Å²) in [5.74, 6) is 0. The highest BCUT2D eigenvalue weighted by Crippen LogP contribution is 2.40. The van der Waals surface area contributed by atoms with Gasteiger partial charge >= 0.3 is 0 Å². The Hall–Kier alpha value is -4.00. The number of hydrogen-bond acceptors (Lipinski definition) is 6. The minimum atomic E-state index is -0.946. The highest BCUT2D eigenvalue weighted by molar-refractivity contribution is 7.62. The lowest BCUT2D eigenvalue weighted by atomic mass is 10.4. The number of pyridine rings is 2. The van der Waals surface area contributed by atoms with E-state index in [4.69, 9.17) is 0 Å². The van der Waals surface area contributed by atoms with Gasteiger partial charge < -0.3 is 0 Å². The second-order valence-corrected chi connectivity index (χ2v) is 13.8. The van der Waals surface area contributed by atoms with Crippen molar-refractivity contribution in [3.05, 3.63) is 119 Å². The van der Waals surface area contributed by atoms with Crippen LogP contribution in [0.15, 0.2) is 73.1 Å². The number of aromatic nitrogens is 10. The molecule has 6 rings (SSSR count). The third-order valence-corrected chi connectivity index (χ3v) is 10.8. The normalized spacial score (nSPS) is 11.3. The molecule has 0 spiro atoms. The Labute approximate surface area is 249 Å². The fourth-order valence-corrected chi connectivity index (χ4v) is 8.93. The first kappa shape index (κ1) is 29.5. The van der Waals surface area contributed by atoms with Gasteiger partial charge in [0.05, 0.1) is 22.8 Å². The molecule has 0 saturated carbocycles. The van der Waals surface area contributed by atoms with Gasteiger partial charge in [0.25, 0.3) is 0 Å². The van der Waals surface area contributed by atoms with Gasteiger partial charge in [-0.1, -0.05) is 12.1 Å². The lowest BCUT2D eigenvalue weighted by molar-refractivity contribution is 0.859. The van der Waals surface area contributed by atoms with Crippen LogP contribution in [0.25, 0.3) is 0 Å². The van der Waals surface area contributed by atoms with Crippen LogP contribution in [0.5, 0.6) is 0 Å². The Balaban J connectivity index is 0.000000168. The molecular formula is C30H36N10P2. The molecule has 0 aromatic carbocycles. The molecule has 10 nitrogen and oxygen atoms in total. The van der Waals surface area contributed by atoms with Crippen molar-refractivity contribution in [3.63, 3.8) is 0 Å². The van der Waals surface area contributed by atoms with Crippen LogP contribution in [-0.2, 0) is 0 Å². The zero-order chi connectivity index (χ0) is 30.0. The Kier molecular flexibility index (Phi) is 8.76. The topological polar surface area (TPSA) is 97.1 Å². The molecule has 0 aliphatic rings. The molecule has 0 unspecified atom stereocenters. The molecule has 0 fully saturated rings. The van der Waals surface area contributed by atoms with Gasteiger partial charge in [0.15, 0.2) is 16.4 Å². The Morgan fingerprint density at radius 1 is 0.429 bits per heavy atom. The zero-order valence-corrected chi connectivity index (χ0v) is 27.1. The average Bonchev–Trinajstić information content (AvgIpc) is 3.67. The second-order valence-electron chi connectivity index (χ2n) is 10.2. The predicted molar refractivity (Wildman–Crippen MR) is 170 cm³/mol. The van der Waals surface area contributed by atoms with Crippen LogP contribution in [0.4, 0.5) is 0 Å². The largest absolute Gasteiger partial charge is 0.253 e. The SMILES string of the molecule is Cc1cc(C)n(P(c2ccccn2)n2nc(C)cc2C)n1.Cc1cc(C)n(P(c2ccccn2)n2nc(C)cc2C)n1. The maximum atomic E-state index is 4.66. The summed E-state index contributed by atoms with van der Waals surface area (Å²) in [7, 11) is -1.89. The lowest BCUT2D eigenvalue weighted by Crippen LogP contribution is -2.19. The summed E-state index contributed by atoms with van der Waals surface area (Å²) in [5, 5.41) is 18.6. The summed E-state index contributed by atoms with van der Waals surface area (Å²) in [6.07, 6.45) is 3.64. The fraction of sp³-hybridized carbons (Fsp3) is 0.267. The number of hydrogen-bond donors (Lipinski definition) is 0. The van der Waals surface area contributed by atoms with E-state index < -0.39 is 16.4 Å². The van der Waals surface area contributed by atoms with E-state index in [0.29, 0.717) is 0 Å². The first-order valence-electron chi connectivity index (χ1n) is 13.7. The predicted octanol–water partition coefficient (Wildman–Crippen LogP) is 5.48. The highest BCUT2D eigenvalue weighted by Gasteiger charge is 2.24. The van der Waals surface area contributed by atoms with Crippen LogP contribution in [0.2, 0.25) is 0 Å². The van der Waals surface area contributed by atoms with Crippen molar-refractivity contribution >= 4 is 27.3 Å². The summed E-state index contributed by atoms with van der Waals surface area (Å²) < 4.78 is 8.19. The van der Waals surface area contributed by atoms with E-state index in [-0.39, 0.29) is 0 Å². The zero-order valence-electron chi connectivity index (χ0n) is 25.3. The van der Waals surface area contributed by atoms with Crippen LogP contribution in [-0.4, -0.2) is 48.2 Å². The minimum absolute atomic E-state index is 0.946. The van der Waals surface area contributed by atoms with Gasteiger partial charge in [-0.25, -0.2) is 17.8 Å². The van der Waals surface area contributed by atoms with Crippen LogP contribution in [0.1, 0.15) is 45.6 Å². The quantitative estimate of drug-likeness (QED) is 0.236. The molecule has 0 bridgehead atoms. The highest BCUT2D eigenvalue weighted by atomic mass is 31.1. The van der Waals surface area contributed by atoms with Gasteiger partial charge in [0.1, 0.15) is 10.9 Å². The maximum Gasteiger partial charge on any atom is 0.190 e. The van der Waals surface area contributed by atoms with Gasteiger partial charge in [-0.2, -0.15) is 20.4 Å². The Morgan fingerprint density at radius 3 is 0.905 bits per heavy atom. The second kappa shape index (κ2) is 12.5. The van der Waals surface area contributed by atoms with E-state index in [9.17, 15) is 0 Å².